The van der Waals surface area contributed by atoms with Gasteiger partial charge in [-0.15, -0.1) is 0 Å². The Bertz CT molecular complexity index is 899. The number of carbonyl (C=O) groups excluding carboxylic acids is 1. The minimum Gasteiger partial charge on any atom is -0.345 e. The molecule has 5 nitrogen and oxygen atoms in total. The standard InChI is InChI=1S/C19H17ClN4O/c1-12-16(11-22-18(23-12)14-7-9-21-10-8-14)13(2)24-19(25)15-5-3-4-6-17(15)20/h3-11,13H,1-2H3,(H,24,25)/t13-/m1/s1. The number of hydrogen-bond donors (Lipinski definition) is 1. The summed E-state index contributed by atoms with van der Waals surface area (Å²) < 4.78 is 0. The Kier molecular flexibility index (Phi) is 5.05. The lowest BCUT2D eigenvalue weighted by Gasteiger charge is -2.17. The van der Waals surface area contributed by atoms with Crippen LogP contribution in [0.4, 0.5) is 0 Å². The summed E-state index contributed by atoms with van der Waals surface area (Å²) >= 11 is 6.08. The molecule has 0 spiro atoms. The van der Waals surface area contributed by atoms with Gasteiger partial charge in [0.15, 0.2) is 5.82 Å². The van der Waals surface area contributed by atoms with E-state index in [9.17, 15) is 4.79 Å². The number of hydrogen-bond acceptors (Lipinski definition) is 4. The molecule has 0 aliphatic heterocycles. The second kappa shape index (κ2) is 7.40. The maximum atomic E-state index is 12.4. The fourth-order valence-corrected chi connectivity index (χ4v) is 2.76. The summed E-state index contributed by atoms with van der Waals surface area (Å²) in [5.74, 6) is 0.406. The van der Waals surface area contributed by atoms with Gasteiger partial charge in [-0.1, -0.05) is 23.7 Å². The molecule has 0 radical (unpaired) electrons. The summed E-state index contributed by atoms with van der Waals surface area (Å²) in [6, 6.07) is 10.4. The first-order valence-electron chi connectivity index (χ1n) is 7.85. The SMILES string of the molecule is Cc1nc(-c2ccncc2)ncc1[C@@H](C)NC(=O)c1ccccc1Cl. The van der Waals surface area contributed by atoms with Crippen LogP contribution in [0, 0.1) is 6.92 Å². The number of carbonyl (C=O) groups is 1. The summed E-state index contributed by atoms with van der Waals surface area (Å²) in [6.45, 7) is 3.80. The number of aryl methyl sites for hydroxylation is 1. The maximum absolute atomic E-state index is 12.4. The Labute approximate surface area is 151 Å². The van der Waals surface area contributed by atoms with Crippen LogP contribution in [-0.2, 0) is 0 Å². The maximum Gasteiger partial charge on any atom is 0.253 e. The predicted octanol–water partition coefficient (Wildman–Crippen LogP) is 3.99. The van der Waals surface area contributed by atoms with Crippen molar-refractivity contribution in [2.75, 3.05) is 0 Å². The molecule has 1 N–H and O–H groups in total. The number of nitrogens with zero attached hydrogens (tertiary/aromatic N) is 3. The molecule has 0 aliphatic rings. The van der Waals surface area contributed by atoms with Gasteiger partial charge in [-0.05, 0) is 38.1 Å². The average Bonchev–Trinajstić information content (AvgIpc) is 2.62. The summed E-state index contributed by atoms with van der Waals surface area (Å²) in [6.07, 6.45) is 5.15. The van der Waals surface area contributed by atoms with Crippen molar-refractivity contribution in [3.8, 4) is 11.4 Å². The molecule has 2 aromatic heterocycles. The minimum absolute atomic E-state index is 0.226. The van der Waals surface area contributed by atoms with Crippen LogP contribution >= 0.6 is 11.6 Å². The number of nitrogens with one attached hydrogen (secondary N) is 1. The predicted molar refractivity (Wildman–Crippen MR) is 97.3 cm³/mol. The molecular weight excluding hydrogens is 336 g/mol. The van der Waals surface area contributed by atoms with Gasteiger partial charge in [0.2, 0.25) is 0 Å². The monoisotopic (exact) mass is 352 g/mol. The van der Waals surface area contributed by atoms with Crippen molar-refractivity contribution >= 4 is 17.5 Å². The lowest BCUT2D eigenvalue weighted by molar-refractivity contribution is 0.0940. The van der Waals surface area contributed by atoms with Crippen LogP contribution in [0.15, 0.2) is 55.0 Å². The molecular formula is C19H17ClN4O. The van der Waals surface area contributed by atoms with Crippen molar-refractivity contribution in [1.82, 2.24) is 20.3 Å². The number of amides is 1. The van der Waals surface area contributed by atoms with Crippen molar-refractivity contribution in [3.05, 3.63) is 76.8 Å². The van der Waals surface area contributed by atoms with Gasteiger partial charge >= 0.3 is 0 Å². The van der Waals surface area contributed by atoms with Crippen molar-refractivity contribution in [1.29, 1.82) is 0 Å². The molecule has 3 rings (SSSR count). The van der Waals surface area contributed by atoms with Crippen LogP contribution in [0.25, 0.3) is 11.4 Å². The average molecular weight is 353 g/mol. The van der Waals surface area contributed by atoms with Crippen LogP contribution in [0.3, 0.4) is 0 Å². The van der Waals surface area contributed by atoms with Gasteiger partial charge in [-0.3, -0.25) is 9.78 Å². The second-order valence-corrected chi connectivity index (χ2v) is 6.05. The van der Waals surface area contributed by atoms with Gasteiger partial charge in [0.25, 0.3) is 5.91 Å². The highest BCUT2D eigenvalue weighted by atomic mass is 35.5. The van der Waals surface area contributed by atoms with Crippen LogP contribution < -0.4 is 5.32 Å². The van der Waals surface area contributed by atoms with Crippen molar-refractivity contribution in [2.45, 2.75) is 19.9 Å². The zero-order valence-electron chi connectivity index (χ0n) is 13.9. The Morgan fingerprint density at radius 3 is 2.56 bits per heavy atom. The Balaban J connectivity index is 1.80. The first-order valence-corrected chi connectivity index (χ1v) is 8.23. The zero-order valence-corrected chi connectivity index (χ0v) is 14.7. The fourth-order valence-electron chi connectivity index (χ4n) is 2.54. The normalized spacial score (nSPS) is 11.8. The van der Waals surface area contributed by atoms with Gasteiger partial charge in [0.05, 0.1) is 16.6 Å². The quantitative estimate of drug-likeness (QED) is 0.770. The molecule has 3 aromatic rings. The van der Waals surface area contributed by atoms with Crippen LogP contribution in [0.1, 0.15) is 34.6 Å². The molecule has 6 heteroatoms. The summed E-state index contributed by atoms with van der Waals surface area (Å²) in [4.78, 5) is 25.4. The lowest BCUT2D eigenvalue weighted by Crippen LogP contribution is -2.27. The third kappa shape index (κ3) is 3.83. The third-order valence-corrected chi connectivity index (χ3v) is 4.22. The van der Waals surface area contributed by atoms with E-state index in [1.165, 1.54) is 0 Å². The molecule has 0 saturated carbocycles. The lowest BCUT2D eigenvalue weighted by atomic mass is 10.1. The Hall–Kier alpha value is -2.79. The molecule has 2 heterocycles. The molecule has 1 atom stereocenters. The largest absolute Gasteiger partial charge is 0.345 e. The van der Waals surface area contributed by atoms with E-state index in [0.29, 0.717) is 16.4 Å². The topological polar surface area (TPSA) is 67.8 Å². The van der Waals surface area contributed by atoms with E-state index in [2.05, 4.69) is 20.3 Å². The Morgan fingerprint density at radius 1 is 1.16 bits per heavy atom. The summed E-state index contributed by atoms with van der Waals surface area (Å²) in [5, 5.41) is 3.36. The Morgan fingerprint density at radius 2 is 1.88 bits per heavy atom. The van der Waals surface area contributed by atoms with E-state index in [-0.39, 0.29) is 11.9 Å². The van der Waals surface area contributed by atoms with Crippen LogP contribution in [0.5, 0.6) is 0 Å². The molecule has 25 heavy (non-hydrogen) atoms. The first-order chi connectivity index (χ1) is 12.1. The number of aromatic nitrogens is 3. The van der Waals surface area contributed by atoms with Crippen LogP contribution in [-0.4, -0.2) is 20.9 Å². The molecule has 1 amide bonds. The summed E-state index contributed by atoms with van der Waals surface area (Å²) in [7, 11) is 0. The highest BCUT2D eigenvalue weighted by Gasteiger charge is 2.16. The van der Waals surface area contributed by atoms with E-state index in [4.69, 9.17) is 11.6 Å². The smallest absolute Gasteiger partial charge is 0.253 e. The van der Waals surface area contributed by atoms with Gasteiger partial charge < -0.3 is 5.32 Å². The summed E-state index contributed by atoms with van der Waals surface area (Å²) in [5.41, 5.74) is 3.02. The zero-order chi connectivity index (χ0) is 17.8. The molecule has 1 aromatic carbocycles. The fraction of sp³-hybridized carbons (Fsp3) is 0.158. The highest BCUT2D eigenvalue weighted by Crippen LogP contribution is 2.21. The van der Waals surface area contributed by atoms with Gasteiger partial charge in [-0.25, -0.2) is 9.97 Å². The number of pyridine rings is 1. The van der Waals surface area contributed by atoms with E-state index in [1.54, 1.807) is 42.9 Å². The molecule has 0 saturated heterocycles. The number of benzene rings is 1. The van der Waals surface area contributed by atoms with E-state index < -0.39 is 0 Å². The van der Waals surface area contributed by atoms with Crippen LogP contribution in [0.2, 0.25) is 5.02 Å². The van der Waals surface area contributed by atoms with Crippen molar-refractivity contribution in [3.63, 3.8) is 0 Å². The van der Waals surface area contributed by atoms with E-state index >= 15 is 0 Å². The number of halogens is 1. The minimum atomic E-state index is -0.240. The van der Waals surface area contributed by atoms with Gasteiger partial charge in [-0.2, -0.15) is 0 Å². The molecule has 126 valence electrons. The van der Waals surface area contributed by atoms with E-state index in [0.717, 1.165) is 16.8 Å². The van der Waals surface area contributed by atoms with Gasteiger partial charge in [0, 0.05) is 35.4 Å². The third-order valence-electron chi connectivity index (χ3n) is 3.89. The van der Waals surface area contributed by atoms with Gasteiger partial charge in [0.1, 0.15) is 0 Å². The first kappa shape index (κ1) is 17.0. The number of rotatable bonds is 4. The molecule has 0 aliphatic carbocycles. The molecule has 0 bridgehead atoms. The highest BCUT2D eigenvalue weighted by molar-refractivity contribution is 6.33. The van der Waals surface area contributed by atoms with Crippen molar-refractivity contribution in [2.24, 2.45) is 0 Å². The van der Waals surface area contributed by atoms with Crippen molar-refractivity contribution < 1.29 is 4.79 Å². The molecule has 0 fully saturated rings. The molecule has 0 unspecified atom stereocenters. The second-order valence-electron chi connectivity index (χ2n) is 5.65. The van der Waals surface area contributed by atoms with E-state index in [1.807, 2.05) is 26.0 Å².